The highest BCUT2D eigenvalue weighted by molar-refractivity contribution is 6.11. The molecule has 4 rings (SSSR count). The molecule has 0 aromatic heterocycles. The van der Waals surface area contributed by atoms with Crippen molar-refractivity contribution in [1.29, 1.82) is 0 Å². The highest BCUT2D eigenvalue weighted by Crippen LogP contribution is 2.54. The second-order valence-corrected chi connectivity index (χ2v) is 7.14. The maximum atomic E-state index is 13.2. The molecule has 0 heterocycles. The number of aldehydes is 1. The maximum Gasteiger partial charge on any atom is 0.376 e. The molecule has 188 valence electrons. The van der Waals surface area contributed by atoms with Crippen LogP contribution in [0.25, 0.3) is 0 Å². The minimum atomic E-state index is -5.15. The van der Waals surface area contributed by atoms with Crippen LogP contribution >= 0.6 is 0 Å². The van der Waals surface area contributed by atoms with Crippen LogP contribution in [0, 0.1) is 11.6 Å². The van der Waals surface area contributed by atoms with Crippen LogP contribution < -0.4 is 0 Å². The van der Waals surface area contributed by atoms with Crippen LogP contribution in [-0.2, 0) is 11.8 Å². The van der Waals surface area contributed by atoms with Gasteiger partial charge < -0.3 is 0 Å². The van der Waals surface area contributed by atoms with Crippen LogP contribution in [0.5, 0.6) is 0 Å². The molecular weight excluding hydrogens is 516 g/mol. The van der Waals surface area contributed by atoms with Crippen LogP contribution in [0.15, 0.2) is 24.3 Å². The average Bonchev–Trinajstić information content (AvgIpc) is 2.98. The number of carbonyl (C=O) groups excluding carboxylic acids is 3. The molecule has 0 fully saturated rings. The maximum absolute atomic E-state index is 13.2. The van der Waals surface area contributed by atoms with Crippen LogP contribution in [0.2, 0.25) is 0 Å². The Hall–Kier alpha value is -3.39. The molecule has 2 aromatic rings. The first kappa shape index (κ1) is 26.2. The Balaban J connectivity index is 0.000000196. The van der Waals surface area contributed by atoms with Crippen LogP contribution in [0.4, 0.5) is 52.7 Å². The van der Waals surface area contributed by atoms with Crippen molar-refractivity contribution in [3.8, 4) is 0 Å². The summed E-state index contributed by atoms with van der Waals surface area (Å²) in [6.07, 6.45) is -3.88. The topological polar surface area (TPSA) is 51.2 Å². The summed E-state index contributed by atoms with van der Waals surface area (Å²) in [6.45, 7) is 0. The van der Waals surface area contributed by atoms with Gasteiger partial charge in [-0.2, -0.15) is 35.1 Å². The van der Waals surface area contributed by atoms with Crippen LogP contribution in [-0.4, -0.2) is 29.7 Å². The molecule has 0 N–H and O–H groups in total. The van der Waals surface area contributed by atoms with E-state index in [0.29, 0.717) is 12.1 Å². The van der Waals surface area contributed by atoms with E-state index in [-0.39, 0.29) is 18.4 Å². The number of hydrogen-bond donors (Lipinski definition) is 0. The summed E-state index contributed by atoms with van der Waals surface area (Å²) in [6, 6.07) is 1.26. The minimum Gasteiger partial charge on any atom is -0.298 e. The van der Waals surface area contributed by atoms with Gasteiger partial charge in [0.2, 0.25) is 11.6 Å². The normalized spacial score (nSPS) is 20.3. The number of carbonyl (C=O) groups is 3. The van der Waals surface area contributed by atoms with Crippen molar-refractivity contribution in [3.63, 3.8) is 0 Å². The molecule has 35 heavy (non-hydrogen) atoms. The first-order valence-electron chi connectivity index (χ1n) is 8.87. The van der Waals surface area contributed by atoms with E-state index in [2.05, 4.69) is 0 Å². The Kier molecular flexibility index (Phi) is 5.85. The zero-order chi connectivity index (χ0) is 26.9. The number of ketones is 2. The Morgan fingerprint density at radius 1 is 0.629 bits per heavy atom. The molecule has 2 aliphatic carbocycles. The van der Waals surface area contributed by atoms with E-state index in [4.69, 9.17) is 0 Å². The number of rotatable bonds is 2. The summed E-state index contributed by atoms with van der Waals surface area (Å²) in [5.41, 5.74) is -8.54. The van der Waals surface area contributed by atoms with Crippen molar-refractivity contribution >= 4 is 17.9 Å². The highest BCUT2D eigenvalue weighted by Gasteiger charge is 2.71. The summed E-state index contributed by atoms with van der Waals surface area (Å²) in [4.78, 5) is 32.7. The minimum absolute atomic E-state index is 0.211. The van der Waals surface area contributed by atoms with Gasteiger partial charge in [0.25, 0.3) is 6.43 Å². The predicted octanol–water partition coefficient (Wildman–Crippen LogP) is 6.25. The average molecular weight is 522 g/mol. The molecular formula is C20H6F12O3. The van der Waals surface area contributed by atoms with E-state index in [0.717, 1.165) is 0 Å². The number of halogens is 12. The van der Waals surface area contributed by atoms with Gasteiger partial charge in [0, 0.05) is 22.3 Å². The number of benzene rings is 2. The number of alkyl halides is 10. The van der Waals surface area contributed by atoms with E-state index < -0.39 is 86.7 Å². The van der Waals surface area contributed by atoms with E-state index in [9.17, 15) is 67.1 Å². The van der Waals surface area contributed by atoms with Gasteiger partial charge in [-0.05, 0) is 24.3 Å². The lowest BCUT2D eigenvalue weighted by molar-refractivity contribution is -0.176. The largest absolute Gasteiger partial charge is 0.376 e. The second-order valence-electron chi connectivity index (χ2n) is 7.14. The SMILES string of the molecule is O=C1c2c(ccc(F)c2C(F)F)C(F)(F)C1(F)F.O=Cc1c(F)ccc2c1C(=O)C(F)(F)C2(F)F. The highest BCUT2D eigenvalue weighted by atomic mass is 19.3. The van der Waals surface area contributed by atoms with E-state index >= 15 is 0 Å². The van der Waals surface area contributed by atoms with Crippen molar-refractivity contribution in [2.75, 3.05) is 0 Å². The van der Waals surface area contributed by atoms with Gasteiger partial charge in [-0.1, -0.05) is 0 Å². The number of Topliss-reactive ketones (excluding diaryl/α,β-unsaturated/α-hetero) is 2. The first-order chi connectivity index (χ1) is 15.9. The molecule has 0 amide bonds. The van der Waals surface area contributed by atoms with Gasteiger partial charge in [-0.3, -0.25) is 14.4 Å². The van der Waals surface area contributed by atoms with Crippen molar-refractivity contribution in [2.45, 2.75) is 30.1 Å². The van der Waals surface area contributed by atoms with Gasteiger partial charge in [-0.15, -0.1) is 0 Å². The molecule has 0 spiro atoms. The van der Waals surface area contributed by atoms with Crippen molar-refractivity contribution < 1.29 is 67.1 Å². The van der Waals surface area contributed by atoms with Gasteiger partial charge in [-0.25, -0.2) is 17.6 Å². The monoisotopic (exact) mass is 522 g/mol. The smallest absolute Gasteiger partial charge is 0.298 e. The lowest BCUT2D eigenvalue weighted by Crippen LogP contribution is -2.38. The van der Waals surface area contributed by atoms with Gasteiger partial charge in [0.15, 0.2) is 6.29 Å². The summed E-state index contributed by atoms with van der Waals surface area (Å²) in [5, 5.41) is 0. The molecule has 0 radical (unpaired) electrons. The fourth-order valence-corrected chi connectivity index (χ4v) is 3.47. The van der Waals surface area contributed by atoms with E-state index in [1.165, 1.54) is 0 Å². The molecule has 2 aromatic carbocycles. The Morgan fingerprint density at radius 3 is 1.46 bits per heavy atom. The molecule has 0 saturated carbocycles. The molecule has 0 atom stereocenters. The van der Waals surface area contributed by atoms with E-state index in [1.807, 2.05) is 0 Å². The van der Waals surface area contributed by atoms with Gasteiger partial charge in [0.1, 0.15) is 11.6 Å². The summed E-state index contributed by atoms with van der Waals surface area (Å²) < 4.78 is 156. The fraction of sp³-hybridized carbons (Fsp3) is 0.250. The summed E-state index contributed by atoms with van der Waals surface area (Å²) in [5.74, 6) is -27.4. The van der Waals surface area contributed by atoms with Crippen LogP contribution in [0.3, 0.4) is 0 Å². The van der Waals surface area contributed by atoms with Crippen LogP contribution in [0.1, 0.15) is 54.2 Å². The molecule has 0 saturated heterocycles. The molecule has 0 bridgehead atoms. The number of hydrogen-bond acceptors (Lipinski definition) is 3. The standard InChI is InChI=1S/C10H3F7O.C10H3F5O2/c11-4-2-1-3-5(6(4)8(12)13)7(18)10(16,17)9(3,14)15;11-6-2-1-5-7(4(6)3-16)8(17)10(14,15)9(5,12)13/h1-2,8H;1-3H. The Morgan fingerprint density at radius 2 is 1.03 bits per heavy atom. The lowest BCUT2D eigenvalue weighted by Gasteiger charge is -2.16. The zero-order valence-corrected chi connectivity index (χ0v) is 16.2. The van der Waals surface area contributed by atoms with Gasteiger partial charge in [0.05, 0.1) is 11.1 Å². The van der Waals surface area contributed by atoms with Crippen molar-refractivity contribution in [1.82, 2.24) is 0 Å². The molecule has 15 heteroatoms. The van der Waals surface area contributed by atoms with Gasteiger partial charge >= 0.3 is 23.7 Å². The van der Waals surface area contributed by atoms with Crippen molar-refractivity contribution in [3.05, 3.63) is 69.3 Å². The Labute approximate surface area is 185 Å². The molecule has 0 aliphatic heterocycles. The third-order valence-corrected chi connectivity index (χ3v) is 5.21. The second kappa shape index (κ2) is 7.81. The van der Waals surface area contributed by atoms with Crippen molar-refractivity contribution in [2.24, 2.45) is 0 Å². The quantitative estimate of drug-likeness (QED) is 0.346. The molecule has 3 nitrogen and oxygen atoms in total. The third kappa shape index (κ3) is 3.34. The summed E-state index contributed by atoms with van der Waals surface area (Å²) in [7, 11) is 0. The fourth-order valence-electron chi connectivity index (χ4n) is 3.47. The molecule has 2 aliphatic rings. The Bertz CT molecular complexity index is 1270. The summed E-state index contributed by atoms with van der Waals surface area (Å²) >= 11 is 0. The van der Waals surface area contributed by atoms with E-state index in [1.54, 1.807) is 0 Å². The lowest BCUT2D eigenvalue weighted by atomic mass is 10.0. The zero-order valence-electron chi connectivity index (χ0n) is 16.2. The molecule has 0 unspecified atom stereocenters. The first-order valence-corrected chi connectivity index (χ1v) is 8.87. The third-order valence-electron chi connectivity index (χ3n) is 5.21. The number of fused-ring (bicyclic) bond motifs is 2. The predicted molar refractivity (Wildman–Crippen MR) is 89.5 cm³/mol.